The molecule has 1 heterocycles. The van der Waals surface area contributed by atoms with E-state index in [0.29, 0.717) is 19.1 Å². The van der Waals surface area contributed by atoms with Crippen molar-refractivity contribution in [3.05, 3.63) is 29.8 Å². The van der Waals surface area contributed by atoms with Gasteiger partial charge in [-0.25, -0.2) is 0 Å². The van der Waals surface area contributed by atoms with Gasteiger partial charge in [-0.15, -0.1) is 0 Å². The van der Waals surface area contributed by atoms with Crippen molar-refractivity contribution in [3.63, 3.8) is 0 Å². The highest BCUT2D eigenvalue weighted by molar-refractivity contribution is 5.93. The molecule has 4 heteroatoms. The molecule has 2 unspecified atom stereocenters. The maximum Gasteiger partial charge on any atom is 0.231 e. The van der Waals surface area contributed by atoms with Crippen LogP contribution in [-0.4, -0.2) is 32.2 Å². The fourth-order valence-electron chi connectivity index (χ4n) is 2.31. The summed E-state index contributed by atoms with van der Waals surface area (Å²) in [5.74, 6) is 0.363. The van der Waals surface area contributed by atoms with Crippen molar-refractivity contribution in [1.29, 1.82) is 0 Å². The number of rotatable bonds is 4. The number of likely N-dealkylation sites (N-methyl/N-ethyl adjacent to an activating group) is 1. The molecule has 0 aromatic heterocycles. The van der Waals surface area contributed by atoms with E-state index < -0.39 is 0 Å². The molecule has 1 saturated heterocycles. The lowest BCUT2D eigenvalue weighted by molar-refractivity contribution is -0.120. The molecule has 0 radical (unpaired) electrons. The van der Waals surface area contributed by atoms with E-state index in [-0.39, 0.29) is 17.9 Å². The third-order valence-electron chi connectivity index (χ3n) is 3.61. The molecule has 0 saturated carbocycles. The van der Waals surface area contributed by atoms with Crippen molar-refractivity contribution >= 4 is 11.6 Å². The van der Waals surface area contributed by atoms with Crippen molar-refractivity contribution in [2.45, 2.75) is 25.8 Å². The van der Waals surface area contributed by atoms with Crippen LogP contribution in [0.4, 0.5) is 5.69 Å². The smallest absolute Gasteiger partial charge is 0.231 e. The molecule has 1 aliphatic heterocycles. The maximum atomic E-state index is 12.2. The molecule has 2 N–H and O–H groups in total. The predicted octanol–water partition coefficient (Wildman–Crippen LogP) is 1.98. The van der Waals surface area contributed by atoms with E-state index in [0.717, 1.165) is 5.69 Å². The van der Waals surface area contributed by atoms with E-state index in [1.54, 1.807) is 0 Å². The van der Waals surface area contributed by atoms with Crippen LogP contribution in [0.25, 0.3) is 0 Å². The first kappa shape index (κ1) is 14.0. The lowest BCUT2D eigenvalue weighted by Crippen LogP contribution is -2.39. The van der Waals surface area contributed by atoms with Gasteiger partial charge in [0, 0.05) is 11.7 Å². The van der Waals surface area contributed by atoms with E-state index >= 15 is 0 Å². The summed E-state index contributed by atoms with van der Waals surface area (Å²) in [5.41, 5.74) is 2.09. The molecule has 0 aliphatic carbocycles. The number of nitrogens with one attached hydrogen (secondary N) is 2. The predicted molar refractivity (Wildman–Crippen MR) is 76.3 cm³/mol. The molecule has 1 amide bonds. The van der Waals surface area contributed by atoms with Gasteiger partial charge in [0.15, 0.2) is 0 Å². The lowest BCUT2D eigenvalue weighted by Gasteiger charge is -2.17. The van der Waals surface area contributed by atoms with Crippen molar-refractivity contribution in [2.24, 2.45) is 5.92 Å². The quantitative estimate of drug-likeness (QED) is 0.872. The Morgan fingerprint density at radius 2 is 2.16 bits per heavy atom. The van der Waals surface area contributed by atoms with Gasteiger partial charge in [0.2, 0.25) is 5.91 Å². The number of amides is 1. The highest BCUT2D eigenvalue weighted by Gasteiger charge is 2.32. The fourth-order valence-corrected chi connectivity index (χ4v) is 2.31. The second-order valence-corrected chi connectivity index (χ2v) is 5.31. The van der Waals surface area contributed by atoms with Crippen molar-refractivity contribution in [1.82, 2.24) is 5.32 Å². The van der Waals surface area contributed by atoms with Gasteiger partial charge in [-0.2, -0.15) is 0 Å². The summed E-state index contributed by atoms with van der Waals surface area (Å²) in [6, 6.07) is 8.12. The minimum absolute atomic E-state index is 0.0257. The molecule has 104 valence electrons. The van der Waals surface area contributed by atoms with E-state index in [1.165, 1.54) is 5.56 Å². The molecule has 1 aromatic rings. The highest BCUT2D eigenvalue weighted by Crippen LogP contribution is 2.20. The maximum absolute atomic E-state index is 12.2. The summed E-state index contributed by atoms with van der Waals surface area (Å²) in [4.78, 5) is 12.2. The fraction of sp³-hybridized carbons (Fsp3) is 0.533. The SMILES string of the molecule is CNC1COCC1C(=O)Nc1cccc(C(C)C)c1. The first-order valence-electron chi connectivity index (χ1n) is 6.77. The zero-order chi connectivity index (χ0) is 13.8. The second kappa shape index (κ2) is 6.17. The van der Waals surface area contributed by atoms with Gasteiger partial charge >= 0.3 is 0 Å². The molecule has 1 fully saturated rings. The van der Waals surface area contributed by atoms with E-state index in [1.807, 2.05) is 25.2 Å². The second-order valence-electron chi connectivity index (χ2n) is 5.31. The molecule has 2 atom stereocenters. The van der Waals surface area contributed by atoms with Gasteiger partial charge in [-0.05, 0) is 30.7 Å². The highest BCUT2D eigenvalue weighted by atomic mass is 16.5. The van der Waals surface area contributed by atoms with Crippen LogP contribution in [0.1, 0.15) is 25.3 Å². The first-order valence-corrected chi connectivity index (χ1v) is 6.77. The summed E-state index contributed by atoms with van der Waals surface area (Å²) in [5, 5.41) is 6.11. The molecular formula is C15H22N2O2. The Bertz CT molecular complexity index is 446. The number of carbonyl (C=O) groups excluding carboxylic acids is 1. The number of carbonyl (C=O) groups is 1. The Labute approximate surface area is 114 Å². The molecule has 4 nitrogen and oxygen atoms in total. The first-order chi connectivity index (χ1) is 9.11. The summed E-state index contributed by atoms with van der Waals surface area (Å²) in [6.07, 6.45) is 0. The van der Waals surface area contributed by atoms with E-state index in [9.17, 15) is 4.79 Å². The molecule has 19 heavy (non-hydrogen) atoms. The van der Waals surface area contributed by atoms with Crippen LogP contribution in [-0.2, 0) is 9.53 Å². The Morgan fingerprint density at radius 3 is 2.84 bits per heavy atom. The van der Waals surface area contributed by atoms with Gasteiger partial charge in [0.1, 0.15) is 0 Å². The summed E-state index contributed by atoms with van der Waals surface area (Å²) < 4.78 is 5.36. The van der Waals surface area contributed by atoms with Crippen LogP contribution in [0.5, 0.6) is 0 Å². The Balaban J connectivity index is 2.04. The van der Waals surface area contributed by atoms with Gasteiger partial charge in [-0.1, -0.05) is 26.0 Å². The summed E-state index contributed by atoms with van der Waals surface area (Å²) >= 11 is 0. The normalized spacial score (nSPS) is 22.7. The van der Waals surface area contributed by atoms with Crippen LogP contribution in [0.15, 0.2) is 24.3 Å². The van der Waals surface area contributed by atoms with Crippen LogP contribution in [0, 0.1) is 5.92 Å². The van der Waals surface area contributed by atoms with Crippen LogP contribution < -0.4 is 10.6 Å². The number of hydrogen-bond donors (Lipinski definition) is 2. The summed E-state index contributed by atoms with van der Waals surface area (Å²) in [6.45, 7) is 5.37. The molecule has 1 aliphatic rings. The van der Waals surface area contributed by atoms with Crippen LogP contribution in [0.2, 0.25) is 0 Å². The Kier molecular flexibility index (Phi) is 4.56. The minimum Gasteiger partial charge on any atom is -0.379 e. The van der Waals surface area contributed by atoms with Crippen molar-refractivity contribution < 1.29 is 9.53 Å². The third-order valence-corrected chi connectivity index (χ3v) is 3.61. The largest absolute Gasteiger partial charge is 0.379 e. The third kappa shape index (κ3) is 3.33. The Morgan fingerprint density at radius 1 is 1.37 bits per heavy atom. The molecule has 0 spiro atoms. The zero-order valence-electron chi connectivity index (χ0n) is 11.8. The molecule has 1 aromatic carbocycles. The Hall–Kier alpha value is -1.39. The van der Waals surface area contributed by atoms with Crippen LogP contribution in [0.3, 0.4) is 0 Å². The summed E-state index contributed by atoms with van der Waals surface area (Å²) in [7, 11) is 1.86. The van der Waals surface area contributed by atoms with E-state index in [2.05, 4.69) is 30.5 Å². The topological polar surface area (TPSA) is 50.4 Å². The molecule has 0 bridgehead atoms. The number of ether oxygens (including phenoxy) is 1. The van der Waals surface area contributed by atoms with Crippen molar-refractivity contribution in [3.8, 4) is 0 Å². The molecular weight excluding hydrogens is 240 g/mol. The number of benzene rings is 1. The zero-order valence-corrected chi connectivity index (χ0v) is 11.8. The van der Waals surface area contributed by atoms with E-state index in [4.69, 9.17) is 4.74 Å². The average Bonchev–Trinajstić information content (AvgIpc) is 2.87. The average molecular weight is 262 g/mol. The van der Waals surface area contributed by atoms with Gasteiger partial charge in [-0.3, -0.25) is 4.79 Å². The van der Waals surface area contributed by atoms with Crippen LogP contribution >= 0.6 is 0 Å². The van der Waals surface area contributed by atoms with Crippen molar-refractivity contribution in [2.75, 3.05) is 25.6 Å². The lowest BCUT2D eigenvalue weighted by atomic mass is 10.0. The van der Waals surface area contributed by atoms with Gasteiger partial charge in [0.05, 0.1) is 19.1 Å². The van der Waals surface area contributed by atoms with Gasteiger partial charge in [0.25, 0.3) is 0 Å². The molecule has 2 rings (SSSR count). The monoisotopic (exact) mass is 262 g/mol. The standard InChI is InChI=1S/C15H22N2O2/c1-10(2)11-5-4-6-12(7-11)17-15(18)13-8-19-9-14(13)16-3/h4-7,10,13-14,16H,8-9H2,1-3H3,(H,17,18). The number of anilines is 1. The number of hydrogen-bond acceptors (Lipinski definition) is 3. The minimum atomic E-state index is -0.118. The van der Waals surface area contributed by atoms with Gasteiger partial charge < -0.3 is 15.4 Å².